The lowest BCUT2D eigenvalue weighted by Gasteiger charge is -2.15. The van der Waals surface area contributed by atoms with Crippen LogP contribution in [0.3, 0.4) is 0 Å². The highest BCUT2D eigenvalue weighted by atomic mass is 35.7. The largest absolute Gasteiger partial charge is 0.282 e. The van der Waals surface area contributed by atoms with E-state index in [1.54, 1.807) is 6.07 Å². The van der Waals surface area contributed by atoms with Crippen molar-refractivity contribution in [2.24, 2.45) is 0 Å². The molecule has 2 rings (SSSR count). The number of halogens is 1. The summed E-state index contributed by atoms with van der Waals surface area (Å²) in [6, 6.07) is 12.1. The van der Waals surface area contributed by atoms with Crippen LogP contribution in [0.15, 0.2) is 47.4 Å². The zero-order chi connectivity index (χ0) is 16.3. The Bertz CT molecular complexity index is 800. The molecule has 0 aromatic heterocycles. The minimum Gasteiger partial charge on any atom is -0.282 e. The molecule has 0 aliphatic heterocycles. The third-order valence-corrected chi connectivity index (χ3v) is 4.88. The van der Waals surface area contributed by atoms with Crippen molar-refractivity contribution in [1.29, 1.82) is 0 Å². The van der Waals surface area contributed by atoms with Crippen molar-refractivity contribution >= 4 is 37.5 Å². The minimum absolute atomic E-state index is 0.0521. The molecule has 0 atom stereocenters. The van der Waals surface area contributed by atoms with E-state index in [9.17, 15) is 13.2 Å². The van der Waals surface area contributed by atoms with Crippen LogP contribution in [0.1, 0.15) is 29.3 Å². The third-order valence-electron chi connectivity index (χ3n) is 3.28. The van der Waals surface area contributed by atoms with E-state index in [0.717, 1.165) is 17.5 Å². The van der Waals surface area contributed by atoms with Crippen molar-refractivity contribution in [3.05, 3.63) is 53.6 Å². The first-order chi connectivity index (χ1) is 10.3. The minimum atomic E-state index is -3.99. The summed E-state index contributed by atoms with van der Waals surface area (Å²) in [6.07, 6.45) is 1.45. The molecule has 0 amide bonds. The smallest absolute Gasteiger partial charge is 0.261 e. The van der Waals surface area contributed by atoms with Crippen LogP contribution in [-0.2, 0) is 15.5 Å². The quantitative estimate of drug-likeness (QED) is 0.643. The molecule has 0 aliphatic rings. The Kier molecular flexibility index (Phi) is 5.32. The van der Waals surface area contributed by atoms with Gasteiger partial charge in [-0.15, -0.1) is 12.6 Å². The number of rotatable bonds is 5. The van der Waals surface area contributed by atoms with Gasteiger partial charge in [0.25, 0.3) is 9.05 Å². The number of carbonyl (C=O) groups is 1. The van der Waals surface area contributed by atoms with Gasteiger partial charge in [0.15, 0.2) is 0 Å². The lowest BCUT2D eigenvalue weighted by Crippen LogP contribution is -2.03. The molecule has 2 aromatic carbocycles. The van der Waals surface area contributed by atoms with Gasteiger partial charge >= 0.3 is 0 Å². The molecule has 0 aliphatic carbocycles. The van der Waals surface area contributed by atoms with Gasteiger partial charge < -0.3 is 0 Å². The Morgan fingerprint density at radius 3 is 2.32 bits per heavy atom. The van der Waals surface area contributed by atoms with Crippen molar-refractivity contribution < 1.29 is 13.2 Å². The average Bonchev–Trinajstić information content (AvgIpc) is 2.46. The first-order valence-electron chi connectivity index (χ1n) is 6.75. The topological polar surface area (TPSA) is 51.2 Å². The fraction of sp³-hybridized carbons (Fsp3) is 0.188. The summed E-state index contributed by atoms with van der Waals surface area (Å²) in [4.78, 5) is 11.5. The molecule has 3 nitrogen and oxygen atoms in total. The van der Waals surface area contributed by atoms with Crippen LogP contribution < -0.4 is 0 Å². The summed E-state index contributed by atoms with van der Waals surface area (Å²) in [7, 11) is 1.61. The summed E-state index contributed by atoms with van der Waals surface area (Å²) in [5, 5.41) is -0.487. The van der Waals surface area contributed by atoms with E-state index in [1.807, 2.05) is 37.3 Å². The SMILES string of the molecule is CCCc1cc(C(=O)S)cc(S(=O)(=O)Cl)c1-c1ccccc1. The van der Waals surface area contributed by atoms with Gasteiger partial charge in [0, 0.05) is 21.8 Å². The maximum absolute atomic E-state index is 12.0. The second kappa shape index (κ2) is 6.86. The number of hydrogen-bond acceptors (Lipinski definition) is 3. The molecule has 0 bridgehead atoms. The van der Waals surface area contributed by atoms with Gasteiger partial charge in [0.1, 0.15) is 0 Å². The molecule has 0 saturated carbocycles. The van der Waals surface area contributed by atoms with Gasteiger partial charge in [-0.1, -0.05) is 43.7 Å². The van der Waals surface area contributed by atoms with E-state index < -0.39 is 14.2 Å². The highest BCUT2D eigenvalue weighted by molar-refractivity contribution is 8.13. The second-order valence-electron chi connectivity index (χ2n) is 4.87. The highest BCUT2D eigenvalue weighted by Crippen LogP contribution is 2.35. The molecule has 0 saturated heterocycles. The normalized spacial score (nSPS) is 11.4. The van der Waals surface area contributed by atoms with Gasteiger partial charge in [-0.2, -0.15) is 0 Å². The van der Waals surface area contributed by atoms with E-state index in [-0.39, 0.29) is 10.5 Å². The van der Waals surface area contributed by atoms with Crippen molar-refractivity contribution in [3.8, 4) is 11.1 Å². The van der Waals surface area contributed by atoms with E-state index in [1.165, 1.54) is 6.07 Å². The number of aryl methyl sites for hydroxylation is 1. The number of thiol groups is 1. The van der Waals surface area contributed by atoms with Crippen molar-refractivity contribution in [2.45, 2.75) is 24.7 Å². The van der Waals surface area contributed by atoms with Crippen LogP contribution in [-0.4, -0.2) is 13.5 Å². The van der Waals surface area contributed by atoms with Crippen LogP contribution in [0.5, 0.6) is 0 Å². The van der Waals surface area contributed by atoms with Gasteiger partial charge in [-0.25, -0.2) is 8.42 Å². The fourth-order valence-electron chi connectivity index (χ4n) is 2.39. The monoisotopic (exact) mass is 354 g/mol. The molecular formula is C16H15ClO3S2. The van der Waals surface area contributed by atoms with E-state index in [0.29, 0.717) is 12.0 Å². The maximum Gasteiger partial charge on any atom is 0.261 e. The standard InChI is InChI=1S/C16H15ClO3S2/c1-2-6-12-9-13(16(18)21)10-14(22(17,19)20)15(12)11-7-4-3-5-8-11/h3-5,7-10H,2,6H2,1H3,(H,18,21). The fourth-order valence-corrected chi connectivity index (χ4v) is 3.64. The lowest BCUT2D eigenvalue weighted by molar-refractivity contribution is 0.109. The molecule has 0 unspecified atom stereocenters. The summed E-state index contributed by atoms with van der Waals surface area (Å²) in [5.41, 5.74) is 2.30. The van der Waals surface area contributed by atoms with Crippen molar-refractivity contribution in [1.82, 2.24) is 0 Å². The molecule has 0 heterocycles. The molecular weight excluding hydrogens is 340 g/mol. The van der Waals surface area contributed by atoms with E-state index in [2.05, 4.69) is 12.6 Å². The Labute approximate surface area is 140 Å². The summed E-state index contributed by atoms with van der Waals surface area (Å²) >= 11 is 3.79. The Hall–Kier alpha value is -1.30. The number of carbonyl (C=O) groups excluding carboxylic acids is 1. The Morgan fingerprint density at radius 2 is 1.82 bits per heavy atom. The van der Waals surface area contributed by atoms with Crippen LogP contribution in [0.25, 0.3) is 11.1 Å². The van der Waals surface area contributed by atoms with Crippen molar-refractivity contribution in [2.75, 3.05) is 0 Å². The van der Waals surface area contributed by atoms with E-state index >= 15 is 0 Å². The van der Waals surface area contributed by atoms with Crippen LogP contribution in [0.4, 0.5) is 0 Å². The van der Waals surface area contributed by atoms with Crippen LogP contribution in [0, 0.1) is 0 Å². The molecule has 0 radical (unpaired) electrons. The van der Waals surface area contributed by atoms with Gasteiger partial charge in [0.2, 0.25) is 5.12 Å². The lowest BCUT2D eigenvalue weighted by atomic mass is 9.95. The molecule has 0 fully saturated rings. The molecule has 22 heavy (non-hydrogen) atoms. The van der Waals surface area contributed by atoms with Gasteiger partial charge in [0.05, 0.1) is 4.90 Å². The zero-order valence-electron chi connectivity index (χ0n) is 11.9. The predicted octanol–water partition coefficient (Wildman–Crippen LogP) is 4.30. The van der Waals surface area contributed by atoms with Crippen LogP contribution >= 0.6 is 23.3 Å². The summed E-state index contributed by atoms with van der Waals surface area (Å²) in [5.74, 6) is 0. The molecule has 6 heteroatoms. The summed E-state index contributed by atoms with van der Waals surface area (Å²) in [6.45, 7) is 1.98. The zero-order valence-corrected chi connectivity index (χ0v) is 14.4. The maximum atomic E-state index is 12.0. The van der Waals surface area contributed by atoms with Gasteiger partial charge in [-0.3, -0.25) is 4.79 Å². The number of hydrogen-bond donors (Lipinski definition) is 1. The molecule has 2 aromatic rings. The Morgan fingerprint density at radius 1 is 1.18 bits per heavy atom. The number of benzene rings is 2. The third kappa shape index (κ3) is 3.72. The van der Waals surface area contributed by atoms with E-state index in [4.69, 9.17) is 10.7 Å². The van der Waals surface area contributed by atoms with Gasteiger partial charge in [-0.05, 0) is 29.7 Å². The predicted molar refractivity (Wildman–Crippen MR) is 92.2 cm³/mol. The second-order valence-corrected chi connectivity index (χ2v) is 7.81. The molecule has 0 N–H and O–H groups in total. The van der Waals surface area contributed by atoms with Crippen molar-refractivity contribution in [3.63, 3.8) is 0 Å². The first kappa shape index (κ1) is 17.1. The summed E-state index contributed by atoms with van der Waals surface area (Å²) < 4.78 is 24.0. The first-order valence-corrected chi connectivity index (χ1v) is 9.50. The molecule has 0 spiro atoms. The highest BCUT2D eigenvalue weighted by Gasteiger charge is 2.22. The molecule has 116 valence electrons. The Balaban J connectivity index is 2.86. The van der Waals surface area contributed by atoms with Crippen LogP contribution in [0.2, 0.25) is 0 Å². The average molecular weight is 355 g/mol.